The third-order valence-electron chi connectivity index (χ3n) is 3.09. The zero-order valence-corrected chi connectivity index (χ0v) is 13.1. The zero-order chi connectivity index (χ0) is 15.4. The summed E-state index contributed by atoms with van der Waals surface area (Å²) in [6.45, 7) is 7.53. The molecule has 0 saturated heterocycles. The number of rotatable bonds is 4. The Bertz CT molecular complexity index is 800. The molecule has 0 radical (unpaired) electrons. The molecule has 0 aliphatic carbocycles. The number of thiol groups is 1. The van der Waals surface area contributed by atoms with Crippen LogP contribution in [0.2, 0.25) is 0 Å². The number of hydrogen-bond donors (Lipinski definition) is 1. The smallest absolute Gasteiger partial charge is 0.265 e. The summed E-state index contributed by atoms with van der Waals surface area (Å²) in [6, 6.07) is 5.41. The van der Waals surface area contributed by atoms with Crippen LogP contribution < -0.4 is 5.56 Å². The molecule has 0 unspecified atom stereocenters. The van der Waals surface area contributed by atoms with Crippen LogP contribution in [-0.2, 0) is 0 Å². The molecule has 0 spiro atoms. The minimum absolute atomic E-state index is 0.0817. The first-order valence-corrected chi connectivity index (χ1v) is 7.25. The summed E-state index contributed by atoms with van der Waals surface area (Å²) >= 11 is 4.30. The van der Waals surface area contributed by atoms with Crippen LogP contribution in [0.3, 0.4) is 0 Å². The van der Waals surface area contributed by atoms with Crippen molar-refractivity contribution >= 4 is 29.2 Å². The molecular weight excluding hydrogens is 280 g/mol. The summed E-state index contributed by atoms with van der Waals surface area (Å²) in [5, 5.41) is 0.571. The molecule has 2 aromatic rings. The SMILES string of the molecule is C=C/C=C\C(=C/CC)n1c(C)nc2ccc(S)cc2c1=O. The number of fused-ring (bicyclic) bond motifs is 1. The van der Waals surface area contributed by atoms with Crippen LogP contribution in [0.1, 0.15) is 19.2 Å². The lowest BCUT2D eigenvalue weighted by Gasteiger charge is -2.12. The van der Waals surface area contributed by atoms with E-state index in [1.807, 2.05) is 44.2 Å². The van der Waals surface area contributed by atoms with Gasteiger partial charge in [0.15, 0.2) is 0 Å². The van der Waals surface area contributed by atoms with Gasteiger partial charge in [0.1, 0.15) is 5.82 Å². The maximum Gasteiger partial charge on any atom is 0.265 e. The summed E-state index contributed by atoms with van der Waals surface area (Å²) in [4.78, 5) is 18.0. The topological polar surface area (TPSA) is 34.9 Å². The number of aromatic nitrogens is 2. The van der Waals surface area contributed by atoms with Gasteiger partial charge in [-0.2, -0.15) is 0 Å². The second kappa shape index (κ2) is 6.59. The molecule has 1 aromatic heterocycles. The Labute approximate surface area is 129 Å². The second-order valence-corrected chi connectivity index (χ2v) is 5.15. The van der Waals surface area contributed by atoms with Gasteiger partial charge in [0.2, 0.25) is 0 Å². The van der Waals surface area contributed by atoms with Crippen molar-refractivity contribution < 1.29 is 0 Å². The molecule has 0 atom stereocenters. The predicted octanol–water partition coefficient (Wildman–Crippen LogP) is 3.99. The first-order valence-electron chi connectivity index (χ1n) is 6.80. The predicted molar refractivity (Wildman–Crippen MR) is 91.9 cm³/mol. The van der Waals surface area contributed by atoms with Gasteiger partial charge in [-0.3, -0.25) is 9.36 Å². The molecule has 0 saturated carbocycles. The molecule has 0 amide bonds. The highest BCUT2D eigenvalue weighted by Gasteiger charge is 2.10. The standard InChI is InChI=1S/C17H18N2OS/c1-4-6-8-13(7-5-2)19-12(3)18-16-10-9-14(21)11-15(16)17(19)20/h4,6-11,21H,1,5H2,2-3H3/b8-6-,13-7+. The van der Waals surface area contributed by atoms with Gasteiger partial charge in [-0.25, -0.2) is 4.98 Å². The van der Waals surface area contributed by atoms with E-state index in [4.69, 9.17) is 0 Å². The van der Waals surface area contributed by atoms with Gasteiger partial charge in [0, 0.05) is 10.6 Å². The average molecular weight is 298 g/mol. The molecule has 3 nitrogen and oxygen atoms in total. The van der Waals surface area contributed by atoms with E-state index in [0.29, 0.717) is 16.7 Å². The van der Waals surface area contributed by atoms with E-state index in [1.165, 1.54) is 0 Å². The molecule has 0 bridgehead atoms. The third-order valence-corrected chi connectivity index (χ3v) is 3.37. The second-order valence-electron chi connectivity index (χ2n) is 4.63. The summed E-state index contributed by atoms with van der Waals surface area (Å²) in [7, 11) is 0. The zero-order valence-electron chi connectivity index (χ0n) is 12.2. The van der Waals surface area contributed by atoms with Crippen molar-refractivity contribution in [3.63, 3.8) is 0 Å². The van der Waals surface area contributed by atoms with Gasteiger partial charge >= 0.3 is 0 Å². The Morgan fingerprint density at radius 3 is 2.90 bits per heavy atom. The van der Waals surface area contributed by atoms with E-state index in [2.05, 4.69) is 24.2 Å². The lowest BCUT2D eigenvalue weighted by molar-refractivity contribution is 0.914. The van der Waals surface area contributed by atoms with Crippen molar-refractivity contribution in [1.82, 2.24) is 9.55 Å². The average Bonchev–Trinajstić information content (AvgIpc) is 2.45. The first kappa shape index (κ1) is 15.3. The minimum Gasteiger partial charge on any atom is -0.268 e. The van der Waals surface area contributed by atoms with E-state index < -0.39 is 0 Å². The summed E-state index contributed by atoms with van der Waals surface area (Å²) in [5.41, 5.74) is 1.41. The molecule has 108 valence electrons. The Balaban J connectivity index is 2.79. The van der Waals surface area contributed by atoms with Gasteiger partial charge in [0.05, 0.1) is 10.9 Å². The van der Waals surface area contributed by atoms with Crippen molar-refractivity contribution in [2.75, 3.05) is 0 Å². The van der Waals surface area contributed by atoms with Gasteiger partial charge in [-0.1, -0.05) is 31.7 Å². The van der Waals surface area contributed by atoms with Crippen LogP contribution in [0.5, 0.6) is 0 Å². The monoisotopic (exact) mass is 298 g/mol. The minimum atomic E-state index is -0.0817. The van der Waals surface area contributed by atoms with Crippen LogP contribution in [0.15, 0.2) is 58.8 Å². The van der Waals surface area contributed by atoms with Crippen molar-refractivity contribution in [1.29, 1.82) is 0 Å². The number of nitrogens with zero attached hydrogens (tertiary/aromatic N) is 2. The molecular formula is C17H18N2OS. The number of allylic oxidation sites excluding steroid dienone is 5. The molecule has 2 rings (SSSR count). The number of benzene rings is 1. The Morgan fingerprint density at radius 2 is 2.24 bits per heavy atom. The van der Waals surface area contributed by atoms with Crippen molar-refractivity contribution in [3.8, 4) is 0 Å². The van der Waals surface area contributed by atoms with Crippen LogP contribution >= 0.6 is 12.6 Å². The quantitative estimate of drug-likeness (QED) is 0.684. The van der Waals surface area contributed by atoms with E-state index in [1.54, 1.807) is 16.7 Å². The lowest BCUT2D eigenvalue weighted by atomic mass is 10.2. The number of aryl methyl sites for hydroxylation is 1. The van der Waals surface area contributed by atoms with Gasteiger partial charge in [-0.05, 0) is 37.6 Å². The fourth-order valence-electron chi connectivity index (χ4n) is 2.20. The normalized spacial score (nSPS) is 12.2. The highest BCUT2D eigenvalue weighted by molar-refractivity contribution is 7.80. The van der Waals surface area contributed by atoms with E-state index >= 15 is 0 Å². The van der Waals surface area contributed by atoms with Crippen LogP contribution in [0, 0.1) is 6.92 Å². The molecule has 21 heavy (non-hydrogen) atoms. The summed E-state index contributed by atoms with van der Waals surface area (Å²) < 4.78 is 1.62. The van der Waals surface area contributed by atoms with E-state index in [0.717, 1.165) is 17.0 Å². The maximum absolute atomic E-state index is 12.8. The fraction of sp³-hybridized carbons (Fsp3) is 0.176. The first-order chi connectivity index (χ1) is 10.1. The third kappa shape index (κ3) is 3.16. The Hall–Kier alpha value is -2.07. The van der Waals surface area contributed by atoms with Gasteiger partial charge in [-0.15, -0.1) is 12.6 Å². The lowest BCUT2D eigenvalue weighted by Crippen LogP contribution is -2.22. The molecule has 4 heteroatoms. The Morgan fingerprint density at radius 1 is 1.48 bits per heavy atom. The van der Waals surface area contributed by atoms with Crippen molar-refractivity contribution in [2.24, 2.45) is 0 Å². The Kier molecular flexibility index (Phi) is 4.81. The van der Waals surface area contributed by atoms with Crippen molar-refractivity contribution in [3.05, 3.63) is 65.3 Å². The van der Waals surface area contributed by atoms with E-state index in [-0.39, 0.29) is 5.56 Å². The highest BCUT2D eigenvalue weighted by atomic mass is 32.1. The van der Waals surface area contributed by atoms with Gasteiger partial charge < -0.3 is 0 Å². The highest BCUT2D eigenvalue weighted by Crippen LogP contribution is 2.16. The summed E-state index contributed by atoms with van der Waals surface area (Å²) in [5.74, 6) is 0.660. The summed E-state index contributed by atoms with van der Waals surface area (Å²) in [6.07, 6.45) is 8.18. The molecule has 0 aliphatic rings. The van der Waals surface area contributed by atoms with Crippen LogP contribution in [0.25, 0.3) is 16.6 Å². The fourth-order valence-corrected chi connectivity index (χ4v) is 2.40. The molecule has 0 aliphatic heterocycles. The molecule has 0 N–H and O–H groups in total. The van der Waals surface area contributed by atoms with Crippen LogP contribution in [-0.4, -0.2) is 9.55 Å². The molecule has 1 heterocycles. The number of hydrogen-bond acceptors (Lipinski definition) is 3. The van der Waals surface area contributed by atoms with E-state index in [9.17, 15) is 4.79 Å². The van der Waals surface area contributed by atoms with Crippen LogP contribution in [0.4, 0.5) is 0 Å². The molecule has 0 fully saturated rings. The van der Waals surface area contributed by atoms with Gasteiger partial charge in [0.25, 0.3) is 5.56 Å². The molecule has 1 aromatic carbocycles. The maximum atomic E-state index is 12.8. The van der Waals surface area contributed by atoms with Crippen molar-refractivity contribution in [2.45, 2.75) is 25.2 Å². The largest absolute Gasteiger partial charge is 0.268 e.